The molecule has 7 heteroatoms. The van der Waals surface area contributed by atoms with E-state index in [2.05, 4.69) is 24.8 Å². The second-order valence-electron chi connectivity index (χ2n) is 13.5. The Bertz CT molecular complexity index is 1130. The van der Waals surface area contributed by atoms with E-state index in [9.17, 15) is 14.9 Å². The number of hydrogen-bond acceptors (Lipinski definition) is 6. The largest absolute Gasteiger partial charge is 0.457 e. The van der Waals surface area contributed by atoms with Crippen LogP contribution in [0.1, 0.15) is 77.7 Å². The van der Waals surface area contributed by atoms with E-state index in [1.54, 1.807) is 12.1 Å². The topological polar surface area (TPSA) is 81.9 Å². The highest BCUT2D eigenvalue weighted by atomic mass is 16.6. The van der Waals surface area contributed by atoms with E-state index >= 15 is 0 Å². The van der Waals surface area contributed by atoms with E-state index in [-0.39, 0.29) is 28.1 Å². The average molecular weight is 537 g/mol. The van der Waals surface area contributed by atoms with Gasteiger partial charge in [0.2, 0.25) is 0 Å². The molecule has 0 spiro atoms. The van der Waals surface area contributed by atoms with Crippen LogP contribution in [0.15, 0.2) is 29.8 Å². The fourth-order valence-corrected chi connectivity index (χ4v) is 9.77. The van der Waals surface area contributed by atoms with Gasteiger partial charge < -0.3 is 9.47 Å². The fourth-order valence-electron chi connectivity index (χ4n) is 9.77. The number of nitro benzene ring substituents is 1. The standard InChI is InChI=1S/C32H44N2O5/c1-21(35)39-30-23(18-22-4-7-25(8-5-22)34(36)37)19-29-27-9-6-24-20-26(33-14-16-38-17-15-33)10-12-31(24,2)28(27)11-13-32(29,30)3/h4-5,7-8,18,24,26-30H,6,9-17,19-20H2,1-3H3/b23-18+/t24?,26-,27?,28?,29?,30-,31-,32-/m0/s1. The highest BCUT2D eigenvalue weighted by molar-refractivity contribution is 5.67. The Hall–Kier alpha value is -2.25. The van der Waals surface area contributed by atoms with Crippen molar-refractivity contribution in [3.63, 3.8) is 0 Å². The van der Waals surface area contributed by atoms with Gasteiger partial charge in [-0.05, 0) is 104 Å². The summed E-state index contributed by atoms with van der Waals surface area (Å²) in [5.74, 6) is 2.46. The first-order valence-electron chi connectivity index (χ1n) is 15.1. The molecule has 7 nitrogen and oxygen atoms in total. The minimum absolute atomic E-state index is 0.0619. The van der Waals surface area contributed by atoms with Crippen molar-refractivity contribution in [3.8, 4) is 0 Å². The molecule has 212 valence electrons. The van der Waals surface area contributed by atoms with Crippen LogP contribution in [0.4, 0.5) is 5.69 Å². The van der Waals surface area contributed by atoms with Crippen LogP contribution in [-0.2, 0) is 14.3 Å². The lowest BCUT2D eigenvalue weighted by Crippen LogP contribution is -2.56. The van der Waals surface area contributed by atoms with Crippen molar-refractivity contribution in [2.75, 3.05) is 26.3 Å². The second kappa shape index (κ2) is 10.3. The van der Waals surface area contributed by atoms with Crippen LogP contribution < -0.4 is 0 Å². The lowest BCUT2D eigenvalue weighted by Gasteiger charge is -2.61. The van der Waals surface area contributed by atoms with E-state index in [0.29, 0.717) is 23.3 Å². The minimum atomic E-state index is -0.366. The SMILES string of the molecule is CC(=O)O[C@H]1/C(=C/c2ccc([N+](=O)[O-])cc2)CC2C3CCC4C[C@@H](N5CCOCC5)CC[C@]4(C)C3CC[C@@]21C. The van der Waals surface area contributed by atoms with Gasteiger partial charge in [0, 0.05) is 43.6 Å². The van der Waals surface area contributed by atoms with E-state index in [1.807, 2.05) is 12.1 Å². The molecule has 6 rings (SSSR count). The van der Waals surface area contributed by atoms with Crippen LogP contribution in [0.5, 0.6) is 0 Å². The Kier molecular flexibility index (Phi) is 7.11. The van der Waals surface area contributed by atoms with E-state index < -0.39 is 0 Å². The number of rotatable bonds is 4. The van der Waals surface area contributed by atoms with Crippen LogP contribution in [0.2, 0.25) is 0 Å². The number of nitro groups is 1. The smallest absolute Gasteiger partial charge is 0.303 e. The van der Waals surface area contributed by atoms with Crippen LogP contribution in [-0.4, -0.2) is 54.2 Å². The predicted molar refractivity (Wildman–Crippen MR) is 150 cm³/mol. The van der Waals surface area contributed by atoms with Gasteiger partial charge in [-0.1, -0.05) is 19.9 Å². The molecule has 0 N–H and O–H groups in total. The van der Waals surface area contributed by atoms with Gasteiger partial charge in [0.1, 0.15) is 6.10 Å². The lowest BCUT2D eigenvalue weighted by molar-refractivity contribution is -0.384. The van der Waals surface area contributed by atoms with Gasteiger partial charge in [-0.2, -0.15) is 0 Å². The van der Waals surface area contributed by atoms with E-state index in [4.69, 9.17) is 9.47 Å². The quantitative estimate of drug-likeness (QED) is 0.257. The zero-order valence-corrected chi connectivity index (χ0v) is 23.8. The summed E-state index contributed by atoms with van der Waals surface area (Å²) in [6, 6.07) is 7.45. The third-order valence-corrected chi connectivity index (χ3v) is 11.8. The molecular formula is C32H44N2O5. The minimum Gasteiger partial charge on any atom is -0.457 e. The molecule has 8 atom stereocenters. The molecule has 1 aromatic carbocycles. The van der Waals surface area contributed by atoms with Crippen LogP contribution in [0.25, 0.3) is 6.08 Å². The number of benzene rings is 1. The third-order valence-electron chi connectivity index (χ3n) is 11.8. The van der Waals surface area contributed by atoms with Crippen molar-refractivity contribution in [1.29, 1.82) is 0 Å². The molecule has 4 aliphatic carbocycles. The maximum Gasteiger partial charge on any atom is 0.303 e. The summed E-state index contributed by atoms with van der Waals surface area (Å²) in [5.41, 5.74) is 2.54. The number of non-ortho nitro benzene ring substituents is 1. The normalized spacial score (nSPS) is 41.4. The first-order valence-corrected chi connectivity index (χ1v) is 15.1. The van der Waals surface area contributed by atoms with Crippen LogP contribution in [0, 0.1) is 44.6 Å². The Morgan fingerprint density at radius 2 is 1.77 bits per heavy atom. The van der Waals surface area contributed by atoms with E-state index in [0.717, 1.165) is 56.5 Å². The predicted octanol–water partition coefficient (Wildman–Crippen LogP) is 6.26. The number of carbonyl (C=O) groups is 1. The van der Waals surface area contributed by atoms with Crippen LogP contribution >= 0.6 is 0 Å². The molecule has 5 aliphatic rings. The number of fused-ring (bicyclic) bond motifs is 5. The number of nitrogens with zero attached hydrogens (tertiary/aromatic N) is 2. The number of esters is 1. The Morgan fingerprint density at radius 1 is 1.05 bits per heavy atom. The number of hydrogen-bond donors (Lipinski definition) is 0. The molecule has 4 saturated carbocycles. The number of carbonyl (C=O) groups excluding carboxylic acids is 1. The number of morpholine rings is 1. The van der Waals surface area contributed by atoms with Gasteiger partial charge in [0.15, 0.2) is 0 Å². The maximum atomic E-state index is 12.3. The molecule has 0 aromatic heterocycles. The van der Waals surface area contributed by atoms with Crippen molar-refractivity contribution in [3.05, 3.63) is 45.5 Å². The van der Waals surface area contributed by atoms with E-state index in [1.165, 1.54) is 51.0 Å². The van der Waals surface area contributed by atoms with Gasteiger partial charge in [0.25, 0.3) is 5.69 Å². The molecule has 0 radical (unpaired) electrons. The van der Waals surface area contributed by atoms with Gasteiger partial charge in [0.05, 0.1) is 18.1 Å². The molecule has 5 fully saturated rings. The highest BCUT2D eigenvalue weighted by Gasteiger charge is 2.62. The fraction of sp³-hybridized carbons (Fsp3) is 0.719. The molecule has 0 amide bonds. The summed E-state index contributed by atoms with van der Waals surface area (Å²) >= 11 is 0. The van der Waals surface area contributed by atoms with Gasteiger partial charge in [-0.25, -0.2) is 0 Å². The zero-order chi connectivity index (χ0) is 27.4. The van der Waals surface area contributed by atoms with Gasteiger partial charge >= 0.3 is 5.97 Å². The lowest BCUT2D eigenvalue weighted by atomic mass is 9.45. The van der Waals surface area contributed by atoms with Gasteiger partial charge in [-0.15, -0.1) is 0 Å². The molecule has 39 heavy (non-hydrogen) atoms. The first-order chi connectivity index (χ1) is 18.7. The van der Waals surface area contributed by atoms with Crippen molar-refractivity contribution >= 4 is 17.7 Å². The molecule has 4 unspecified atom stereocenters. The highest BCUT2D eigenvalue weighted by Crippen LogP contribution is 2.67. The van der Waals surface area contributed by atoms with Gasteiger partial charge in [-0.3, -0.25) is 19.8 Å². The Labute approximate surface area is 232 Å². The van der Waals surface area contributed by atoms with Crippen molar-refractivity contribution in [2.24, 2.45) is 34.5 Å². The molecule has 0 bridgehead atoms. The average Bonchev–Trinajstić information content (AvgIpc) is 3.19. The summed E-state index contributed by atoms with van der Waals surface area (Å²) in [7, 11) is 0. The third kappa shape index (κ3) is 4.73. The Balaban J connectivity index is 1.24. The Morgan fingerprint density at radius 3 is 2.46 bits per heavy atom. The molecular weight excluding hydrogens is 492 g/mol. The molecule has 1 heterocycles. The molecule has 1 aromatic rings. The van der Waals surface area contributed by atoms with Crippen LogP contribution in [0.3, 0.4) is 0 Å². The monoisotopic (exact) mass is 536 g/mol. The van der Waals surface area contributed by atoms with Crippen molar-refractivity contribution in [2.45, 2.75) is 84.3 Å². The zero-order valence-electron chi connectivity index (χ0n) is 23.8. The number of ether oxygens (including phenoxy) is 2. The molecule has 1 saturated heterocycles. The summed E-state index contributed by atoms with van der Waals surface area (Å²) in [4.78, 5) is 25.7. The summed E-state index contributed by atoms with van der Waals surface area (Å²) < 4.78 is 11.7. The second-order valence-corrected chi connectivity index (χ2v) is 13.5. The van der Waals surface area contributed by atoms with Crippen molar-refractivity contribution < 1.29 is 19.2 Å². The van der Waals surface area contributed by atoms with Crippen molar-refractivity contribution in [1.82, 2.24) is 4.90 Å². The summed E-state index contributed by atoms with van der Waals surface area (Å²) in [6.07, 6.45) is 11.7. The molecule has 1 aliphatic heterocycles. The summed E-state index contributed by atoms with van der Waals surface area (Å²) in [6.45, 7) is 10.4. The maximum absolute atomic E-state index is 12.3. The first kappa shape index (κ1) is 26.9. The summed E-state index contributed by atoms with van der Waals surface area (Å²) in [5, 5.41) is 11.1.